The first-order valence-corrected chi connectivity index (χ1v) is 7.67. The Hall–Kier alpha value is -0.0800. The molecule has 2 rings (SSSR count). The highest BCUT2D eigenvalue weighted by Gasteiger charge is 2.40. The molecule has 0 radical (unpaired) electrons. The van der Waals surface area contributed by atoms with Gasteiger partial charge in [0.05, 0.1) is 6.10 Å². The second-order valence-corrected chi connectivity index (χ2v) is 6.32. The van der Waals surface area contributed by atoms with Crippen LogP contribution in [0.3, 0.4) is 0 Å². The van der Waals surface area contributed by atoms with Crippen LogP contribution in [0.4, 0.5) is 0 Å². The fraction of sp³-hybridized carbons (Fsp3) is 1.00. The Morgan fingerprint density at radius 1 is 0.941 bits per heavy atom. The van der Waals surface area contributed by atoms with Gasteiger partial charge in [-0.15, -0.1) is 0 Å². The molecule has 0 saturated heterocycles. The molecular formula is C15H29NO. The summed E-state index contributed by atoms with van der Waals surface area (Å²) in [5.41, 5.74) is 6.11. The molecule has 2 aliphatic rings. The monoisotopic (exact) mass is 239 g/mol. The van der Waals surface area contributed by atoms with E-state index in [1.54, 1.807) is 0 Å². The highest BCUT2D eigenvalue weighted by molar-refractivity contribution is 4.93. The zero-order chi connectivity index (χ0) is 12.1. The normalized spacial score (nSPS) is 28.6. The third-order valence-electron chi connectivity index (χ3n) is 5.23. The second kappa shape index (κ2) is 6.19. The average Bonchev–Trinajstić information content (AvgIpc) is 2.65. The second-order valence-electron chi connectivity index (χ2n) is 6.32. The summed E-state index contributed by atoms with van der Waals surface area (Å²) in [7, 11) is 0. The fourth-order valence-electron chi connectivity index (χ4n) is 4.00. The third-order valence-corrected chi connectivity index (χ3v) is 5.23. The van der Waals surface area contributed by atoms with E-state index in [0.29, 0.717) is 12.5 Å². The molecule has 3 N–H and O–H groups in total. The lowest BCUT2D eigenvalue weighted by molar-refractivity contribution is -0.0353. The van der Waals surface area contributed by atoms with Gasteiger partial charge in [0.1, 0.15) is 0 Å². The van der Waals surface area contributed by atoms with E-state index in [1.807, 2.05) is 0 Å². The summed E-state index contributed by atoms with van der Waals surface area (Å²) >= 11 is 0. The minimum atomic E-state index is -0.133. The van der Waals surface area contributed by atoms with Crippen molar-refractivity contribution in [3.8, 4) is 0 Å². The maximum atomic E-state index is 10.8. The van der Waals surface area contributed by atoms with Crippen LogP contribution in [0.1, 0.15) is 70.6 Å². The van der Waals surface area contributed by atoms with Crippen molar-refractivity contribution < 1.29 is 5.11 Å². The van der Waals surface area contributed by atoms with Crippen LogP contribution in [0.25, 0.3) is 0 Å². The number of aliphatic hydroxyl groups is 1. The van der Waals surface area contributed by atoms with Gasteiger partial charge in [-0.2, -0.15) is 0 Å². The van der Waals surface area contributed by atoms with E-state index in [1.165, 1.54) is 57.8 Å². The lowest BCUT2D eigenvalue weighted by Crippen LogP contribution is -2.46. The van der Waals surface area contributed by atoms with Crippen LogP contribution < -0.4 is 5.73 Å². The maximum absolute atomic E-state index is 10.8. The number of aliphatic hydroxyl groups excluding tert-OH is 1. The zero-order valence-electron chi connectivity index (χ0n) is 11.2. The van der Waals surface area contributed by atoms with Crippen LogP contribution in [0.15, 0.2) is 0 Å². The molecule has 2 heteroatoms. The largest absolute Gasteiger partial charge is 0.392 e. The number of nitrogens with two attached hydrogens (primary N) is 1. The van der Waals surface area contributed by atoms with E-state index in [2.05, 4.69) is 0 Å². The van der Waals surface area contributed by atoms with Crippen molar-refractivity contribution in [2.45, 2.75) is 76.7 Å². The lowest BCUT2D eigenvalue weighted by atomic mass is 9.68. The van der Waals surface area contributed by atoms with E-state index in [4.69, 9.17) is 5.73 Å². The first kappa shape index (κ1) is 13.4. The average molecular weight is 239 g/mol. The smallest absolute Gasteiger partial charge is 0.0636 e. The Morgan fingerprint density at radius 2 is 1.47 bits per heavy atom. The van der Waals surface area contributed by atoms with Gasteiger partial charge in [-0.05, 0) is 31.6 Å². The van der Waals surface area contributed by atoms with Crippen molar-refractivity contribution in [2.75, 3.05) is 6.54 Å². The van der Waals surface area contributed by atoms with Gasteiger partial charge in [-0.1, -0.05) is 44.9 Å². The SMILES string of the molecule is NCC1(C(O)C2CCCCC2)CCCCCC1. The standard InChI is InChI=1S/C15H29NO/c16-12-15(10-6-1-2-7-11-15)14(17)13-8-4-3-5-9-13/h13-14,17H,1-12,16H2. The predicted octanol–water partition coefficient (Wildman–Crippen LogP) is 3.23. The first-order valence-electron chi connectivity index (χ1n) is 7.67. The predicted molar refractivity (Wildman–Crippen MR) is 71.8 cm³/mol. The van der Waals surface area contributed by atoms with Gasteiger partial charge < -0.3 is 10.8 Å². The summed E-state index contributed by atoms with van der Waals surface area (Å²) in [4.78, 5) is 0. The Morgan fingerprint density at radius 3 is 2.00 bits per heavy atom. The molecule has 0 aromatic heterocycles. The molecule has 0 spiro atoms. The van der Waals surface area contributed by atoms with Crippen LogP contribution in [-0.2, 0) is 0 Å². The van der Waals surface area contributed by atoms with Gasteiger partial charge in [-0.25, -0.2) is 0 Å². The molecule has 2 nitrogen and oxygen atoms in total. The summed E-state index contributed by atoms with van der Waals surface area (Å²) in [5, 5.41) is 10.8. The summed E-state index contributed by atoms with van der Waals surface area (Å²) in [5.74, 6) is 0.533. The molecule has 2 fully saturated rings. The van der Waals surface area contributed by atoms with Gasteiger partial charge in [-0.3, -0.25) is 0 Å². The molecule has 2 saturated carbocycles. The van der Waals surface area contributed by atoms with Crippen molar-refractivity contribution >= 4 is 0 Å². The Kier molecular flexibility index (Phi) is 4.87. The molecule has 0 amide bonds. The molecule has 2 aliphatic carbocycles. The summed E-state index contributed by atoms with van der Waals surface area (Å²) < 4.78 is 0. The molecule has 0 heterocycles. The quantitative estimate of drug-likeness (QED) is 0.743. The lowest BCUT2D eigenvalue weighted by Gasteiger charge is -2.42. The van der Waals surface area contributed by atoms with Crippen LogP contribution in [-0.4, -0.2) is 17.8 Å². The molecule has 1 atom stereocenters. The number of hydrogen-bond acceptors (Lipinski definition) is 2. The van der Waals surface area contributed by atoms with Crippen LogP contribution in [0.2, 0.25) is 0 Å². The topological polar surface area (TPSA) is 46.2 Å². The van der Waals surface area contributed by atoms with Crippen LogP contribution >= 0.6 is 0 Å². The summed E-state index contributed by atoms with van der Waals surface area (Å²) in [6.07, 6.45) is 13.8. The molecule has 1 unspecified atom stereocenters. The molecule has 0 aliphatic heterocycles. The molecule has 100 valence electrons. The van der Waals surface area contributed by atoms with Crippen molar-refractivity contribution in [2.24, 2.45) is 17.1 Å². The van der Waals surface area contributed by atoms with E-state index >= 15 is 0 Å². The molecule has 0 bridgehead atoms. The summed E-state index contributed by atoms with van der Waals surface area (Å²) in [6, 6.07) is 0. The molecule has 17 heavy (non-hydrogen) atoms. The van der Waals surface area contributed by atoms with Gasteiger partial charge in [0.2, 0.25) is 0 Å². The zero-order valence-corrected chi connectivity index (χ0v) is 11.2. The Balaban J connectivity index is 2.03. The van der Waals surface area contributed by atoms with Crippen molar-refractivity contribution in [1.82, 2.24) is 0 Å². The van der Waals surface area contributed by atoms with Gasteiger partial charge >= 0.3 is 0 Å². The fourth-order valence-corrected chi connectivity index (χ4v) is 4.00. The van der Waals surface area contributed by atoms with Crippen LogP contribution in [0.5, 0.6) is 0 Å². The van der Waals surface area contributed by atoms with E-state index in [-0.39, 0.29) is 11.5 Å². The van der Waals surface area contributed by atoms with Crippen LogP contribution in [0, 0.1) is 11.3 Å². The number of hydrogen-bond donors (Lipinski definition) is 2. The van der Waals surface area contributed by atoms with Crippen molar-refractivity contribution in [3.63, 3.8) is 0 Å². The molecule has 0 aromatic rings. The summed E-state index contributed by atoms with van der Waals surface area (Å²) in [6.45, 7) is 0.685. The minimum Gasteiger partial charge on any atom is -0.392 e. The Bertz CT molecular complexity index is 215. The van der Waals surface area contributed by atoms with Gasteiger partial charge in [0.25, 0.3) is 0 Å². The van der Waals surface area contributed by atoms with Gasteiger partial charge in [0.15, 0.2) is 0 Å². The highest BCUT2D eigenvalue weighted by Crippen LogP contribution is 2.43. The highest BCUT2D eigenvalue weighted by atomic mass is 16.3. The first-order chi connectivity index (χ1) is 8.28. The third kappa shape index (κ3) is 3.03. The van der Waals surface area contributed by atoms with E-state index < -0.39 is 0 Å². The van der Waals surface area contributed by atoms with Gasteiger partial charge in [0, 0.05) is 12.0 Å². The maximum Gasteiger partial charge on any atom is 0.0636 e. The van der Waals surface area contributed by atoms with E-state index in [9.17, 15) is 5.11 Å². The van der Waals surface area contributed by atoms with Crippen molar-refractivity contribution in [3.05, 3.63) is 0 Å². The van der Waals surface area contributed by atoms with Crippen molar-refractivity contribution in [1.29, 1.82) is 0 Å². The molecule has 0 aromatic carbocycles. The number of rotatable bonds is 3. The molecular weight excluding hydrogens is 210 g/mol. The Labute approximate surface area is 106 Å². The van der Waals surface area contributed by atoms with E-state index in [0.717, 1.165) is 12.8 Å². The minimum absolute atomic E-state index is 0.0541.